The molecule has 0 spiro atoms. The van der Waals surface area contributed by atoms with Crippen molar-refractivity contribution in [3.63, 3.8) is 0 Å². The second-order valence-electron chi connectivity index (χ2n) is 6.08. The average molecular weight is 294 g/mol. The van der Waals surface area contributed by atoms with Crippen LogP contribution in [0, 0.1) is 0 Å². The fourth-order valence-electron chi connectivity index (χ4n) is 3.39. The number of nitrogens with zero attached hydrogens (tertiary/aromatic N) is 4. The molecule has 0 unspecified atom stereocenters. The molecule has 2 aliphatic rings. The van der Waals surface area contributed by atoms with Crippen molar-refractivity contribution in [1.29, 1.82) is 0 Å². The molecule has 1 aromatic heterocycles. The van der Waals surface area contributed by atoms with Crippen molar-refractivity contribution in [1.82, 2.24) is 19.7 Å². The minimum atomic E-state index is 0.569. The monoisotopic (exact) mass is 294 g/mol. The smallest absolute Gasteiger partial charge is 0.137 e. The quantitative estimate of drug-likeness (QED) is 0.836. The molecule has 1 saturated heterocycles. The van der Waals surface area contributed by atoms with Crippen molar-refractivity contribution >= 4 is 11.8 Å². The summed E-state index contributed by atoms with van der Waals surface area (Å²) >= 11 is 2.22. The van der Waals surface area contributed by atoms with Gasteiger partial charge in [-0.1, -0.05) is 19.3 Å². The van der Waals surface area contributed by atoms with Gasteiger partial charge in [-0.25, -0.2) is 9.67 Å². The normalized spacial score (nSPS) is 23.2. The number of likely N-dealkylation sites (tertiary alicyclic amines) is 1. The largest absolute Gasteiger partial charge is 0.302 e. The predicted molar refractivity (Wildman–Crippen MR) is 84.1 cm³/mol. The van der Waals surface area contributed by atoms with Gasteiger partial charge in [-0.2, -0.15) is 16.9 Å². The van der Waals surface area contributed by atoms with Crippen LogP contribution in [0.1, 0.15) is 51.0 Å². The number of piperidine rings is 1. The Hall–Kier alpha value is -0.550. The van der Waals surface area contributed by atoms with Gasteiger partial charge in [-0.05, 0) is 25.7 Å². The van der Waals surface area contributed by atoms with Crippen LogP contribution in [0.4, 0.5) is 0 Å². The minimum absolute atomic E-state index is 0.569. The van der Waals surface area contributed by atoms with Crippen LogP contribution < -0.4 is 0 Å². The fourth-order valence-corrected chi connectivity index (χ4v) is 4.76. The van der Waals surface area contributed by atoms with Crippen molar-refractivity contribution in [2.24, 2.45) is 0 Å². The van der Waals surface area contributed by atoms with Gasteiger partial charge in [0.15, 0.2) is 0 Å². The van der Waals surface area contributed by atoms with Crippen molar-refractivity contribution in [2.45, 2.75) is 56.2 Å². The molecule has 4 nitrogen and oxygen atoms in total. The van der Waals surface area contributed by atoms with Crippen LogP contribution in [0.3, 0.4) is 0 Å². The number of aromatic nitrogens is 3. The van der Waals surface area contributed by atoms with Crippen LogP contribution in [0.15, 0.2) is 12.7 Å². The molecule has 3 rings (SSSR count). The Morgan fingerprint density at radius 3 is 2.55 bits per heavy atom. The second kappa shape index (κ2) is 7.46. The summed E-state index contributed by atoms with van der Waals surface area (Å²) in [6.45, 7) is 3.71. The molecule has 20 heavy (non-hydrogen) atoms. The van der Waals surface area contributed by atoms with Crippen molar-refractivity contribution in [3.05, 3.63) is 12.7 Å². The van der Waals surface area contributed by atoms with E-state index in [0.717, 1.165) is 5.25 Å². The van der Waals surface area contributed by atoms with Gasteiger partial charge >= 0.3 is 0 Å². The van der Waals surface area contributed by atoms with E-state index in [-0.39, 0.29) is 0 Å². The van der Waals surface area contributed by atoms with Crippen molar-refractivity contribution in [2.75, 3.05) is 25.4 Å². The Labute approximate surface area is 126 Å². The molecule has 0 atom stereocenters. The lowest BCUT2D eigenvalue weighted by molar-refractivity contribution is 0.188. The first kappa shape index (κ1) is 14.4. The van der Waals surface area contributed by atoms with Gasteiger partial charge in [0.1, 0.15) is 12.7 Å². The van der Waals surface area contributed by atoms with Crippen molar-refractivity contribution < 1.29 is 0 Å². The molecule has 1 aliphatic heterocycles. The van der Waals surface area contributed by atoms with Gasteiger partial charge in [-0.3, -0.25) is 0 Å². The zero-order chi connectivity index (χ0) is 13.6. The van der Waals surface area contributed by atoms with Crippen LogP contribution in [-0.4, -0.2) is 50.3 Å². The van der Waals surface area contributed by atoms with Crippen LogP contribution in [0.25, 0.3) is 0 Å². The second-order valence-corrected chi connectivity index (χ2v) is 7.49. The van der Waals surface area contributed by atoms with E-state index in [2.05, 4.69) is 26.7 Å². The lowest BCUT2D eigenvalue weighted by Crippen LogP contribution is -2.36. The molecule has 2 heterocycles. The van der Waals surface area contributed by atoms with E-state index in [4.69, 9.17) is 0 Å². The molecule has 2 fully saturated rings. The van der Waals surface area contributed by atoms with E-state index in [0.29, 0.717) is 6.04 Å². The van der Waals surface area contributed by atoms with Gasteiger partial charge in [0.2, 0.25) is 0 Å². The van der Waals surface area contributed by atoms with Gasteiger partial charge in [0, 0.05) is 30.6 Å². The summed E-state index contributed by atoms with van der Waals surface area (Å²) in [4.78, 5) is 6.68. The van der Waals surface area contributed by atoms with E-state index >= 15 is 0 Å². The van der Waals surface area contributed by atoms with Crippen molar-refractivity contribution in [3.8, 4) is 0 Å². The molecular weight excluding hydrogens is 268 g/mol. The van der Waals surface area contributed by atoms with Crippen LogP contribution in [0.5, 0.6) is 0 Å². The maximum absolute atomic E-state index is 4.27. The Kier molecular flexibility index (Phi) is 5.36. The summed E-state index contributed by atoms with van der Waals surface area (Å²) in [5.74, 6) is 1.32. The lowest BCUT2D eigenvalue weighted by Gasteiger charge is -2.32. The Balaban J connectivity index is 1.32. The first-order valence-corrected chi connectivity index (χ1v) is 9.15. The SMILES string of the molecule is c1ncn(C2CCN(CCSC3CCCCC3)CC2)n1. The highest BCUT2D eigenvalue weighted by Gasteiger charge is 2.21. The summed E-state index contributed by atoms with van der Waals surface area (Å²) in [7, 11) is 0. The van der Waals surface area contributed by atoms with Gasteiger partial charge in [0.05, 0.1) is 6.04 Å². The highest BCUT2D eigenvalue weighted by Crippen LogP contribution is 2.28. The van der Waals surface area contributed by atoms with Crippen LogP contribution >= 0.6 is 11.8 Å². The molecule has 0 bridgehead atoms. The Morgan fingerprint density at radius 2 is 1.85 bits per heavy atom. The Morgan fingerprint density at radius 1 is 1.05 bits per heavy atom. The molecule has 1 aromatic rings. The highest BCUT2D eigenvalue weighted by molar-refractivity contribution is 7.99. The maximum atomic E-state index is 4.27. The maximum Gasteiger partial charge on any atom is 0.137 e. The standard InChI is InChI=1S/C15H26N4S/c1-2-4-15(5-3-1)20-11-10-18-8-6-14(7-9-18)19-13-16-12-17-19/h12-15H,1-11H2. The van der Waals surface area contributed by atoms with E-state index in [1.165, 1.54) is 70.3 Å². The number of hydrogen-bond donors (Lipinski definition) is 0. The number of thioether (sulfide) groups is 1. The van der Waals surface area contributed by atoms with Gasteiger partial charge in [0.25, 0.3) is 0 Å². The minimum Gasteiger partial charge on any atom is -0.302 e. The number of hydrogen-bond acceptors (Lipinski definition) is 4. The molecule has 5 heteroatoms. The summed E-state index contributed by atoms with van der Waals surface area (Å²) in [5, 5.41) is 5.23. The summed E-state index contributed by atoms with van der Waals surface area (Å²) < 4.78 is 2.04. The van der Waals surface area contributed by atoms with E-state index < -0.39 is 0 Å². The highest BCUT2D eigenvalue weighted by atomic mass is 32.2. The molecule has 0 radical (unpaired) electrons. The first-order chi connectivity index (χ1) is 9.92. The average Bonchev–Trinajstić information content (AvgIpc) is 3.03. The molecule has 0 aromatic carbocycles. The van der Waals surface area contributed by atoms with E-state index in [1.807, 2.05) is 11.0 Å². The van der Waals surface area contributed by atoms with Gasteiger partial charge < -0.3 is 4.90 Å². The summed E-state index contributed by atoms with van der Waals surface area (Å²) in [6, 6.07) is 0.569. The topological polar surface area (TPSA) is 34.0 Å². The first-order valence-electron chi connectivity index (χ1n) is 8.10. The lowest BCUT2D eigenvalue weighted by atomic mass is 10.0. The Bertz CT molecular complexity index is 367. The molecule has 112 valence electrons. The number of rotatable bonds is 5. The third-order valence-electron chi connectivity index (χ3n) is 4.68. The van der Waals surface area contributed by atoms with Crippen LogP contribution in [0.2, 0.25) is 0 Å². The molecule has 1 aliphatic carbocycles. The zero-order valence-electron chi connectivity index (χ0n) is 12.3. The predicted octanol–water partition coefficient (Wildman–Crippen LogP) is 2.98. The summed E-state index contributed by atoms with van der Waals surface area (Å²) in [6.07, 6.45) is 13.2. The zero-order valence-corrected chi connectivity index (χ0v) is 13.1. The summed E-state index contributed by atoms with van der Waals surface area (Å²) in [5.41, 5.74) is 0. The third-order valence-corrected chi connectivity index (χ3v) is 6.04. The molecule has 1 saturated carbocycles. The molecular formula is C15H26N4S. The van der Waals surface area contributed by atoms with E-state index in [9.17, 15) is 0 Å². The van der Waals surface area contributed by atoms with Gasteiger partial charge in [-0.15, -0.1) is 0 Å². The van der Waals surface area contributed by atoms with Crippen LogP contribution in [-0.2, 0) is 0 Å². The molecule has 0 amide bonds. The molecule has 0 N–H and O–H groups in total. The fraction of sp³-hybridized carbons (Fsp3) is 0.867. The van der Waals surface area contributed by atoms with E-state index in [1.54, 1.807) is 6.33 Å². The third kappa shape index (κ3) is 3.98.